The predicted octanol–water partition coefficient (Wildman–Crippen LogP) is 13.2. The lowest BCUT2D eigenvalue weighted by atomic mass is 10.1. The summed E-state index contributed by atoms with van der Waals surface area (Å²) in [6.45, 7) is 0. The third-order valence-corrected chi connectivity index (χ3v) is 11.9. The molecule has 3 nitrogen and oxygen atoms in total. The van der Waals surface area contributed by atoms with Gasteiger partial charge in [0.25, 0.3) is 0 Å². The Bertz CT molecular complexity index is 3340. The number of benzene rings is 8. The van der Waals surface area contributed by atoms with E-state index in [2.05, 4.69) is 177 Å². The summed E-state index contributed by atoms with van der Waals surface area (Å²) in [5, 5.41) is 10.2. The van der Waals surface area contributed by atoms with Crippen molar-refractivity contribution >= 4 is 114 Å². The average Bonchev–Trinajstić information content (AvgIpc) is 3.83. The standard InChI is InChI=1S/C46H27N3S/c1-2-12-31-28(10-1)11-9-18-38(31)47(30-20-22-35-34-15-5-8-19-43(34)50-44(35)27-30)29-21-25-41-42(26-29)49-40-17-7-4-14-33(40)37-24-23-36-32-13-3-6-16-39(32)48(41)45(36)46(37)49/h1-27H. The Hall–Kier alpha value is -6.36. The van der Waals surface area contributed by atoms with Crippen LogP contribution in [0.25, 0.3) is 85.6 Å². The molecule has 12 aromatic rings. The lowest BCUT2D eigenvalue weighted by molar-refractivity contribution is 1.24. The van der Waals surface area contributed by atoms with E-state index < -0.39 is 0 Å². The molecule has 0 aliphatic heterocycles. The highest BCUT2D eigenvalue weighted by Crippen LogP contribution is 2.46. The summed E-state index contributed by atoms with van der Waals surface area (Å²) in [7, 11) is 0. The smallest absolute Gasteiger partial charge is 0.0789 e. The van der Waals surface area contributed by atoms with Crippen LogP contribution in [-0.4, -0.2) is 8.80 Å². The monoisotopic (exact) mass is 653 g/mol. The van der Waals surface area contributed by atoms with Gasteiger partial charge in [0.1, 0.15) is 0 Å². The van der Waals surface area contributed by atoms with Crippen molar-refractivity contribution < 1.29 is 0 Å². The highest BCUT2D eigenvalue weighted by Gasteiger charge is 2.23. The van der Waals surface area contributed by atoms with Crippen LogP contribution in [0.3, 0.4) is 0 Å². The van der Waals surface area contributed by atoms with Crippen molar-refractivity contribution in [2.45, 2.75) is 0 Å². The maximum Gasteiger partial charge on any atom is 0.0789 e. The molecule has 12 rings (SSSR count). The zero-order valence-electron chi connectivity index (χ0n) is 26.8. The maximum atomic E-state index is 2.52. The third-order valence-electron chi connectivity index (χ3n) is 10.8. The number of nitrogens with zero attached hydrogens (tertiary/aromatic N) is 3. The molecule has 0 fully saturated rings. The molecule has 0 radical (unpaired) electrons. The molecule has 4 heteroatoms. The second kappa shape index (κ2) is 9.63. The fourth-order valence-electron chi connectivity index (χ4n) is 8.70. The van der Waals surface area contributed by atoms with Crippen LogP contribution in [0.5, 0.6) is 0 Å². The first kappa shape index (κ1) is 26.6. The van der Waals surface area contributed by atoms with E-state index in [1.165, 1.54) is 85.6 Å². The van der Waals surface area contributed by atoms with Gasteiger partial charge in [-0.2, -0.15) is 0 Å². The molecular weight excluding hydrogens is 627 g/mol. The van der Waals surface area contributed by atoms with E-state index in [1.54, 1.807) is 0 Å². The van der Waals surface area contributed by atoms with Gasteiger partial charge in [0.2, 0.25) is 0 Å². The van der Waals surface area contributed by atoms with Crippen LogP contribution in [-0.2, 0) is 0 Å². The first-order chi connectivity index (χ1) is 24.8. The van der Waals surface area contributed by atoms with Gasteiger partial charge in [0, 0.05) is 58.5 Å². The summed E-state index contributed by atoms with van der Waals surface area (Å²) in [6.07, 6.45) is 0. The van der Waals surface area contributed by atoms with Crippen molar-refractivity contribution in [2.75, 3.05) is 4.90 Å². The number of aromatic nitrogens is 2. The zero-order chi connectivity index (χ0) is 32.5. The van der Waals surface area contributed by atoms with Crippen LogP contribution in [0.2, 0.25) is 0 Å². The van der Waals surface area contributed by atoms with Crippen molar-refractivity contribution in [1.82, 2.24) is 8.80 Å². The van der Waals surface area contributed by atoms with Crippen molar-refractivity contribution in [3.63, 3.8) is 0 Å². The Kier molecular flexibility index (Phi) is 5.12. The van der Waals surface area contributed by atoms with E-state index in [4.69, 9.17) is 0 Å². The third kappa shape index (κ3) is 3.38. The molecule has 0 atom stereocenters. The molecule has 232 valence electrons. The topological polar surface area (TPSA) is 12.1 Å². The second-order valence-corrected chi connectivity index (χ2v) is 14.4. The minimum absolute atomic E-state index is 1.12. The van der Waals surface area contributed by atoms with Gasteiger partial charge in [-0.05, 0) is 60.0 Å². The van der Waals surface area contributed by atoms with Crippen LogP contribution >= 0.6 is 11.3 Å². The summed E-state index contributed by atoms with van der Waals surface area (Å²) in [4.78, 5) is 2.46. The SMILES string of the molecule is c1ccc2c(N(c3ccc4c(c3)sc3ccccc34)c3ccc4c(c3)n3c5ccccc5c5ccc6c7ccccc7n4c6c53)cccc2c1. The largest absolute Gasteiger partial charge is 0.310 e. The lowest BCUT2D eigenvalue weighted by Crippen LogP contribution is -2.11. The number of hydrogen-bond donors (Lipinski definition) is 0. The number of thiophene rings is 1. The maximum absolute atomic E-state index is 2.52. The molecule has 0 unspecified atom stereocenters. The lowest BCUT2D eigenvalue weighted by Gasteiger charge is -2.27. The predicted molar refractivity (Wildman–Crippen MR) is 215 cm³/mol. The van der Waals surface area contributed by atoms with Crippen LogP contribution in [0.15, 0.2) is 164 Å². The number of fused-ring (bicyclic) bond motifs is 13. The van der Waals surface area contributed by atoms with Crippen molar-refractivity contribution in [1.29, 1.82) is 0 Å². The van der Waals surface area contributed by atoms with Gasteiger partial charge in [-0.15, -0.1) is 11.3 Å². The summed E-state index contributed by atoms with van der Waals surface area (Å²) >= 11 is 1.87. The molecule has 0 aliphatic rings. The number of hydrogen-bond acceptors (Lipinski definition) is 2. The average molecular weight is 654 g/mol. The van der Waals surface area contributed by atoms with Gasteiger partial charge in [0.05, 0.1) is 38.8 Å². The Labute approximate surface area is 290 Å². The molecule has 4 heterocycles. The van der Waals surface area contributed by atoms with Gasteiger partial charge in [-0.1, -0.05) is 109 Å². The molecule has 8 aromatic carbocycles. The van der Waals surface area contributed by atoms with Gasteiger partial charge in [-0.3, -0.25) is 0 Å². The fourth-order valence-corrected chi connectivity index (χ4v) is 9.84. The van der Waals surface area contributed by atoms with E-state index in [-0.39, 0.29) is 0 Å². The first-order valence-corrected chi connectivity index (χ1v) is 17.9. The van der Waals surface area contributed by atoms with E-state index in [0.29, 0.717) is 0 Å². The molecule has 0 saturated carbocycles. The van der Waals surface area contributed by atoms with Crippen molar-refractivity contribution in [2.24, 2.45) is 0 Å². The highest BCUT2D eigenvalue weighted by molar-refractivity contribution is 7.25. The van der Waals surface area contributed by atoms with Gasteiger partial charge in [0.15, 0.2) is 0 Å². The van der Waals surface area contributed by atoms with E-state index in [1.807, 2.05) is 11.3 Å². The number of anilines is 3. The number of rotatable bonds is 3. The quantitative estimate of drug-likeness (QED) is 0.173. The fraction of sp³-hybridized carbons (Fsp3) is 0. The summed E-state index contributed by atoms with van der Waals surface area (Å²) in [6, 6.07) is 60.5. The van der Waals surface area contributed by atoms with Crippen LogP contribution < -0.4 is 4.90 Å². The van der Waals surface area contributed by atoms with Crippen molar-refractivity contribution in [3.8, 4) is 0 Å². The Morgan fingerprint density at radius 2 is 0.920 bits per heavy atom. The molecule has 4 aromatic heterocycles. The zero-order valence-corrected chi connectivity index (χ0v) is 27.7. The van der Waals surface area contributed by atoms with Gasteiger partial charge in [-0.25, -0.2) is 0 Å². The summed E-state index contributed by atoms with van der Waals surface area (Å²) in [5.41, 5.74) is 10.8. The van der Waals surface area contributed by atoms with Gasteiger partial charge < -0.3 is 13.7 Å². The van der Waals surface area contributed by atoms with Gasteiger partial charge >= 0.3 is 0 Å². The van der Waals surface area contributed by atoms with E-state index in [0.717, 1.165) is 17.1 Å². The second-order valence-electron chi connectivity index (χ2n) is 13.3. The van der Waals surface area contributed by atoms with E-state index >= 15 is 0 Å². The van der Waals surface area contributed by atoms with Crippen LogP contribution in [0.1, 0.15) is 0 Å². The molecule has 50 heavy (non-hydrogen) atoms. The Balaban J connectivity index is 1.23. The van der Waals surface area contributed by atoms with Crippen molar-refractivity contribution in [3.05, 3.63) is 164 Å². The minimum Gasteiger partial charge on any atom is -0.310 e. The first-order valence-electron chi connectivity index (χ1n) is 17.1. The highest BCUT2D eigenvalue weighted by atomic mass is 32.1. The molecule has 0 spiro atoms. The molecule has 0 saturated heterocycles. The normalized spacial score (nSPS) is 12.4. The molecule has 0 bridgehead atoms. The molecule has 0 aliphatic carbocycles. The summed E-state index contributed by atoms with van der Waals surface area (Å²) < 4.78 is 7.62. The molecule has 0 N–H and O–H groups in total. The summed E-state index contributed by atoms with van der Waals surface area (Å²) in [5.74, 6) is 0. The molecular formula is C46H27N3S. The Morgan fingerprint density at radius 1 is 0.360 bits per heavy atom. The van der Waals surface area contributed by atoms with Crippen LogP contribution in [0.4, 0.5) is 17.1 Å². The number of para-hydroxylation sites is 2. The van der Waals surface area contributed by atoms with E-state index in [9.17, 15) is 0 Å². The van der Waals surface area contributed by atoms with Crippen LogP contribution in [0, 0.1) is 0 Å². The minimum atomic E-state index is 1.12. The molecule has 0 amide bonds. The Morgan fingerprint density at radius 3 is 1.70 bits per heavy atom.